The third-order valence-corrected chi connectivity index (χ3v) is 3.88. The molecule has 0 aromatic heterocycles. The van der Waals surface area contributed by atoms with E-state index in [1.54, 1.807) is 4.90 Å². The lowest BCUT2D eigenvalue weighted by atomic mass is 10.0. The van der Waals surface area contributed by atoms with Crippen molar-refractivity contribution in [3.63, 3.8) is 0 Å². The highest BCUT2D eigenvalue weighted by atomic mass is 16.5. The average Bonchev–Trinajstić information content (AvgIpc) is 2.89. The van der Waals surface area contributed by atoms with Crippen LogP contribution in [0.15, 0.2) is 0 Å². The fraction of sp³-hybridized carbons (Fsp3) is 0.846. The van der Waals surface area contributed by atoms with Crippen LogP contribution in [0.5, 0.6) is 0 Å². The first-order chi connectivity index (χ1) is 8.54. The number of carbonyl (C=O) groups excluding carboxylic acids is 2. The highest BCUT2D eigenvalue weighted by molar-refractivity contribution is 5.90. The van der Waals surface area contributed by atoms with E-state index in [-0.39, 0.29) is 17.9 Å². The molecule has 0 saturated carbocycles. The molecule has 5 heteroatoms. The predicted molar refractivity (Wildman–Crippen MR) is 66.9 cm³/mol. The monoisotopic (exact) mass is 254 g/mol. The lowest BCUT2D eigenvalue weighted by Gasteiger charge is -2.27. The minimum Gasteiger partial charge on any atom is -0.467 e. The van der Waals surface area contributed by atoms with Gasteiger partial charge in [0.05, 0.1) is 13.2 Å². The summed E-state index contributed by atoms with van der Waals surface area (Å²) in [5.74, 6) is 0.484. The van der Waals surface area contributed by atoms with Gasteiger partial charge in [-0.3, -0.25) is 4.79 Å². The Bertz CT molecular complexity index is 343. The summed E-state index contributed by atoms with van der Waals surface area (Å²) in [6.07, 6.45) is 1.68. The maximum atomic E-state index is 12.3. The third-order valence-electron chi connectivity index (χ3n) is 3.88. The second-order valence-electron chi connectivity index (χ2n) is 5.64. The molecule has 1 N–H and O–H groups in total. The van der Waals surface area contributed by atoms with E-state index in [4.69, 9.17) is 4.74 Å². The number of methoxy groups -OCH3 is 1. The van der Waals surface area contributed by atoms with Gasteiger partial charge in [-0.25, -0.2) is 4.79 Å². The third kappa shape index (κ3) is 2.36. The Morgan fingerprint density at radius 2 is 2.28 bits per heavy atom. The number of likely N-dealkylation sites (tertiary alicyclic amines) is 1. The molecule has 0 aromatic rings. The van der Waals surface area contributed by atoms with Gasteiger partial charge in [-0.1, -0.05) is 13.8 Å². The lowest BCUT2D eigenvalue weighted by molar-refractivity contribution is -0.152. The van der Waals surface area contributed by atoms with Gasteiger partial charge in [0.1, 0.15) is 6.04 Å². The highest BCUT2D eigenvalue weighted by Gasteiger charge is 2.47. The molecule has 2 saturated heterocycles. The number of rotatable bonds is 4. The summed E-state index contributed by atoms with van der Waals surface area (Å²) in [7, 11) is 1.38. The molecule has 0 aromatic carbocycles. The van der Waals surface area contributed by atoms with Crippen LogP contribution in [0.4, 0.5) is 0 Å². The first-order valence-electron chi connectivity index (χ1n) is 6.66. The Morgan fingerprint density at radius 1 is 1.56 bits per heavy atom. The molecule has 0 radical (unpaired) electrons. The lowest BCUT2D eigenvalue weighted by Crippen LogP contribution is -2.47. The van der Waals surface area contributed by atoms with Crippen molar-refractivity contribution in [3.8, 4) is 0 Å². The normalized spacial score (nSPS) is 28.7. The molecule has 3 atom stereocenters. The van der Waals surface area contributed by atoms with Crippen molar-refractivity contribution in [2.45, 2.75) is 38.8 Å². The second-order valence-corrected chi connectivity index (χ2v) is 5.64. The van der Waals surface area contributed by atoms with Gasteiger partial charge in [0.2, 0.25) is 5.91 Å². The largest absolute Gasteiger partial charge is 0.467 e. The summed E-state index contributed by atoms with van der Waals surface area (Å²) in [5, 5.41) is 3.22. The van der Waals surface area contributed by atoms with Gasteiger partial charge in [-0.15, -0.1) is 0 Å². The molecule has 2 aliphatic rings. The Morgan fingerprint density at radius 3 is 2.83 bits per heavy atom. The standard InChI is InChI=1S/C13H22N2O3/c1-8(2)6-10(13(17)18-3)15-7-9-4-5-14-11(9)12(15)16/h8-11,14H,4-7H2,1-3H3/t9-,10-,11-/m1/s1. The quantitative estimate of drug-likeness (QED) is 0.738. The van der Waals surface area contributed by atoms with E-state index >= 15 is 0 Å². The van der Waals surface area contributed by atoms with Crippen LogP contribution in [0.25, 0.3) is 0 Å². The molecule has 0 aliphatic carbocycles. The molecule has 0 spiro atoms. The summed E-state index contributed by atoms with van der Waals surface area (Å²) in [6, 6.07) is -0.501. The van der Waals surface area contributed by atoms with Crippen LogP contribution in [0.1, 0.15) is 26.7 Å². The Balaban J connectivity index is 2.11. The van der Waals surface area contributed by atoms with E-state index < -0.39 is 6.04 Å². The summed E-state index contributed by atoms with van der Waals surface area (Å²) in [5.41, 5.74) is 0. The van der Waals surface area contributed by atoms with E-state index in [2.05, 4.69) is 19.2 Å². The van der Waals surface area contributed by atoms with Crippen LogP contribution in [-0.2, 0) is 14.3 Å². The van der Waals surface area contributed by atoms with Gasteiger partial charge < -0.3 is 15.0 Å². The van der Waals surface area contributed by atoms with E-state index in [1.165, 1.54) is 7.11 Å². The Labute approximate surface area is 108 Å². The zero-order chi connectivity index (χ0) is 13.3. The first-order valence-corrected chi connectivity index (χ1v) is 6.66. The Kier molecular flexibility index (Phi) is 3.90. The fourth-order valence-corrected chi connectivity index (χ4v) is 2.98. The van der Waals surface area contributed by atoms with Crippen molar-refractivity contribution in [1.29, 1.82) is 0 Å². The number of hydrogen-bond acceptors (Lipinski definition) is 4. The highest BCUT2D eigenvalue weighted by Crippen LogP contribution is 2.29. The van der Waals surface area contributed by atoms with Crippen LogP contribution in [0, 0.1) is 11.8 Å². The van der Waals surface area contributed by atoms with E-state index in [9.17, 15) is 9.59 Å². The number of nitrogens with one attached hydrogen (secondary N) is 1. The smallest absolute Gasteiger partial charge is 0.328 e. The topological polar surface area (TPSA) is 58.6 Å². The molecule has 5 nitrogen and oxygen atoms in total. The van der Waals surface area contributed by atoms with Crippen LogP contribution in [0.2, 0.25) is 0 Å². The van der Waals surface area contributed by atoms with Crippen molar-refractivity contribution >= 4 is 11.9 Å². The zero-order valence-corrected chi connectivity index (χ0v) is 11.3. The van der Waals surface area contributed by atoms with Crippen molar-refractivity contribution in [2.24, 2.45) is 11.8 Å². The predicted octanol–water partition coefficient (Wildman–Crippen LogP) is 0.394. The minimum atomic E-state index is -0.421. The molecular formula is C13H22N2O3. The number of hydrogen-bond donors (Lipinski definition) is 1. The van der Waals surface area contributed by atoms with E-state index in [1.807, 2.05) is 0 Å². The second kappa shape index (κ2) is 5.26. The van der Waals surface area contributed by atoms with Crippen LogP contribution in [-0.4, -0.2) is 49.1 Å². The number of amides is 1. The van der Waals surface area contributed by atoms with Crippen molar-refractivity contribution in [2.75, 3.05) is 20.2 Å². The molecule has 0 bridgehead atoms. The number of fused-ring (bicyclic) bond motifs is 1. The van der Waals surface area contributed by atoms with Crippen LogP contribution >= 0.6 is 0 Å². The molecule has 0 unspecified atom stereocenters. The molecule has 2 heterocycles. The molecule has 1 amide bonds. The Hall–Kier alpha value is -1.10. The van der Waals surface area contributed by atoms with Gasteiger partial charge in [-0.05, 0) is 25.3 Å². The number of esters is 1. The molecule has 2 aliphatic heterocycles. The summed E-state index contributed by atoms with van der Waals surface area (Å²) >= 11 is 0. The van der Waals surface area contributed by atoms with Gasteiger partial charge >= 0.3 is 5.97 Å². The maximum Gasteiger partial charge on any atom is 0.328 e. The van der Waals surface area contributed by atoms with Gasteiger partial charge in [-0.2, -0.15) is 0 Å². The fourth-order valence-electron chi connectivity index (χ4n) is 2.98. The number of carbonyl (C=O) groups is 2. The SMILES string of the molecule is COC(=O)[C@@H](CC(C)C)N1C[C@H]2CCN[C@H]2C1=O. The average molecular weight is 254 g/mol. The summed E-state index contributed by atoms with van der Waals surface area (Å²) in [4.78, 5) is 25.9. The molecule has 2 fully saturated rings. The minimum absolute atomic E-state index is 0.0635. The van der Waals surface area contributed by atoms with Crippen LogP contribution in [0.3, 0.4) is 0 Å². The van der Waals surface area contributed by atoms with Gasteiger partial charge in [0, 0.05) is 12.5 Å². The van der Waals surface area contributed by atoms with Crippen molar-refractivity contribution < 1.29 is 14.3 Å². The first kappa shape index (κ1) is 13.3. The van der Waals surface area contributed by atoms with Crippen molar-refractivity contribution in [1.82, 2.24) is 10.2 Å². The molecule has 18 heavy (non-hydrogen) atoms. The van der Waals surface area contributed by atoms with E-state index in [0.29, 0.717) is 24.8 Å². The van der Waals surface area contributed by atoms with Gasteiger partial charge in [0.15, 0.2) is 0 Å². The molecule has 102 valence electrons. The maximum absolute atomic E-state index is 12.3. The number of ether oxygens (including phenoxy) is 1. The number of nitrogens with zero attached hydrogens (tertiary/aromatic N) is 1. The van der Waals surface area contributed by atoms with Gasteiger partial charge in [0.25, 0.3) is 0 Å². The van der Waals surface area contributed by atoms with Crippen molar-refractivity contribution in [3.05, 3.63) is 0 Å². The zero-order valence-electron chi connectivity index (χ0n) is 11.3. The van der Waals surface area contributed by atoms with E-state index in [0.717, 1.165) is 13.0 Å². The summed E-state index contributed by atoms with van der Waals surface area (Å²) in [6.45, 7) is 5.69. The van der Waals surface area contributed by atoms with Crippen LogP contribution < -0.4 is 5.32 Å². The molecular weight excluding hydrogens is 232 g/mol. The summed E-state index contributed by atoms with van der Waals surface area (Å²) < 4.78 is 4.84. The molecule has 2 rings (SSSR count).